The van der Waals surface area contributed by atoms with Gasteiger partial charge in [-0.1, -0.05) is 24.3 Å². The maximum Gasteiger partial charge on any atom is 0.354 e. The molecule has 0 unspecified atom stereocenters. The van der Waals surface area contributed by atoms with Gasteiger partial charge < -0.3 is 10.0 Å². The third kappa shape index (κ3) is 3.12. The Morgan fingerprint density at radius 1 is 1.20 bits per heavy atom. The predicted molar refractivity (Wildman–Crippen MR) is 74.9 cm³/mol. The van der Waals surface area contributed by atoms with Crippen molar-refractivity contribution in [1.82, 2.24) is 4.98 Å². The first kappa shape index (κ1) is 13.6. The van der Waals surface area contributed by atoms with Gasteiger partial charge in [0.15, 0.2) is 5.69 Å². The van der Waals surface area contributed by atoms with Crippen LogP contribution in [-0.2, 0) is 0 Å². The van der Waals surface area contributed by atoms with Crippen molar-refractivity contribution in [3.8, 4) is 6.07 Å². The largest absolute Gasteiger partial charge is 0.477 e. The van der Waals surface area contributed by atoms with E-state index in [0.29, 0.717) is 18.8 Å². The highest BCUT2D eigenvalue weighted by Crippen LogP contribution is 2.23. The van der Waals surface area contributed by atoms with Crippen molar-refractivity contribution >= 4 is 17.5 Å². The number of nitriles is 1. The minimum Gasteiger partial charge on any atom is -0.477 e. The second-order valence-electron chi connectivity index (χ2n) is 4.08. The van der Waals surface area contributed by atoms with Crippen LogP contribution in [0.5, 0.6) is 0 Å². The van der Waals surface area contributed by atoms with Crippen molar-refractivity contribution < 1.29 is 9.90 Å². The monoisotopic (exact) mass is 267 g/mol. The Kier molecular flexibility index (Phi) is 4.30. The van der Waals surface area contributed by atoms with Crippen LogP contribution in [0, 0.1) is 11.3 Å². The molecular formula is C15H13N3O2. The van der Waals surface area contributed by atoms with E-state index in [4.69, 9.17) is 10.4 Å². The molecule has 1 heterocycles. The number of rotatable bonds is 5. The molecule has 0 aliphatic rings. The van der Waals surface area contributed by atoms with E-state index in [1.165, 1.54) is 6.07 Å². The summed E-state index contributed by atoms with van der Waals surface area (Å²) in [5.74, 6) is -0.550. The van der Waals surface area contributed by atoms with Crippen LogP contribution in [0.2, 0.25) is 0 Å². The summed E-state index contributed by atoms with van der Waals surface area (Å²) in [4.78, 5) is 16.9. The highest BCUT2D eigenvalue weighted by Gasteiger charge is 2.12. The van der Waals surface area contributed by atoms with Crippen LogP contribution < -0.4 is 4.90 Å². The molecule has 0 amide bonds. The van der Waals surface area contributed by atoms with Crippen molar-refractivity contribution in [2.75, 3.05) is 11.4 Å². The van der Waals surface area contributed by atoms with Gasteiger partial charge in [-0.25, -0.2) is 9.78 Å². The number of carbonyl (C=O) groups is 1. The molecule has 0 radical (unpaired) electrons. The number of para-hydroxylation sites is 1. The van der Waals surface area contributed by atoms with Crippen molar-refractivity contribution in [2.24, 2.45) is 0 Å². The Labute approximate surface area is 116 Å². The second kappa shape index (κ2) is 6.34. The van der Waals surface area contributed by atoms with E-state index in [1.54, 1.807) is 12.1 Å². The number of hydrogen-bond donors (Lipinski definition) is 1. The van der Waals surface area contributed by atoms with Gasteiger partial charge in [0, 0.05) is 12.2 Å². The summed E-state index contributed by atoms with van der Waals surface area (Å²) in [6.07, 6.45) is 0.327. The van der Waals surface area contributed by atoms with Crippen LogP contribution in [0.3, 0.4) is 0 Å². The van der Waals surface area contributed by atoms with Gasteiger partial charge in [0.05, 0.1) is 12.5 Å². The van der Waals surface area contributed by atoms with Gasteiger partial charge in [-0.15, -0.1) is 0 Å². The summed E-state index contributed by atoms with van der Waals surface area (Å²) in [5, 5.41) is 17.8. The van der Waals surface area contributed by atoms with Gasteiger partial charge in [-0.05, 0) is 24.3 Å². The number of pyridine rings is 1. The molecule has 20 heavy (non-hydrogen) atoms. The fourth-order valence-corrected chi connectivity index (χ4v) is 1.84. The number of nitrogens with zero attached hydrogens (tertiary/aromatic N) is 3. The predicted octanol–water partition coefficient (Wildman–Crippen LogP) is 2.83. The zero-order valence-electron chi connectivity index (χ0n) is 10.7. The van der Waals surface area contributed by atoms with Gasteiger partial charge in [-0.2, -0.15) is 5.26 Å². The number of carboxylic acids is 1. The number of benzene rings is 1. The van der Waals surface area contributed by atoms with Gasteiger partial charge >= 0.3 is 5.97 Å². The molecule has 5 nitrogen and oxygen atoms in total. The number of hydrogen-bond acceptors (Lipinski definition) is 4. The van der Waals surface area contributed by atoms with Gasteiger partial charge in [0.25, 0.3) is 0 Å². The molecule has 2 rings (SSSR count). The van der Waals surface area contributed by atoms with Crippen molar-refractivity contribution in [3.05, 3.63) is 54.2 Å². The van der Waals surface area contributed by atoms with Crippen LogP contribution in [0.4, 0.5) is 11.5 Å². The average molecular weight is 267 g/mol. The maximum atomic E-state index is 11.0. The van der Waals surface area contributed by atoms with Crippen LogP contribution in [0.25, 0.3) is 0 Å². The highest BCUT2D eigenvalue weighted by molar-refractivity contribution is 5.86. The smallest absolute Gasteiger partial charge is 0.354 e. The molecule has 1 aromatic carbocycles. The van der Waals surface area contributed by atoms with E-state index in [1.807, 2.05) is 35.2 Å². The first-order valence-corrected chi connectivity index (χ1v) is 6.12. The van der Waals surface area contributed by atoms with Crippen LogP contribution >= 0.6 is 0 Å². The zero-order valence-corrected chi connectivity index (χ0v) is 10.7. The standard InChI is InChI=1S/C15H13N3O2/c16-10-5-11-18(12-6-2-1-3-7-12)14-9-4-8-13(17-14)15(19)20/h1-4,6-9H,5,11H2,(H,19,20). The molecule has 5 heteroatoms. The number of carboxylic acid groups (broad SMARTS) is 1. The summed E-state index contributed by atoms with van der Waals surface area (Å²) in [7, 11) is 0. The summed E-state index contributed by atoms with van der Waals surface area (Å²) in [6, 6.07) is 16.4. The lowest BCUT2D eigenvalue weighted by molar-refractivity contribution is 0.0690. The molecule has 1 N–H and O–H groups in total. The third-order valence-corrected chi connectivity index (χ3v) is 2.75. The molecule has 0 bridgehead atoms. The summed E-state index contributed by atoms with van der Waals surface area (Å²) >= 11 is 0. The van der Waals surface area contributed by atoms with Gasteiger partial charge in [0.2, 0.25) is 0 Å². The lowest BCUT2D eigenvalue weighted by atomic mass is 10.2. The van der Waals surface area contributed by atoms with Crippen molar-refractivity contribution in [2.45, 2.75) is 6.42 Å². The maximum absolute atomic E-state index is 11.0. The fraction of sp³-hybridized carbons (Fsp3) is 0.133. The minimum atomic E-state index is -1.07. The van der Waals surface area contributed by atoms with Gasteiger partial charge in [0.1, 0.15) is 5.82 Å². The Balaban J connectivity index is 2.39. The molecule has 0 fully saturated rings. The molecule has 0 saturated heterocycles. The van der Waals surface area contributed by atoms with Crippen LogP contribution in [0.15, 0.2) is 48.5 Å². The lowest BCUT2D eigenvalue weighted by Gasteiger charge is -2.22. The average Bonchev–Trinajstić information content (AvgIpc) is 2.49. The number of aromatic carboxylic acids is 1. The molecule has 0 atom stereocenters. The Morgan fingerprint density at radius 3 is 2.60 bits per heavy atom. The molecule has 0 aliphatic heterocycles. The van der Waals surface area contributed by atoms with Gasteiger partial charge in [-0.3, -0.25) is 0 Å². The minimum absolute atomic E-state index is 0.0135. The van der Waals surface area contributed by atoms with E-state index in [-0.39, 0.29) is 5.69 Å². The topological polar surface area (TPSA) is 77.2 Å². The van der Waals surface area contributed by atoms with E-state index >= 15 is 0 Å². The van der Waals surface area contributed by atoms with E-state index in [0.717, 1.165) is 5.69 Å². The first-order chi connectivity index (χ1) is 9.72. The van der Waals surface area contributed by atoms with Crippen LogP contribution in [-0.4, -0.2) is 22.6 Å². The first-order valence-electron chi connectivity index (χ1n) is 6.12. The lowest BCUT2D eigenvalue weighted by Crippen LogP contribution is -2.20. The van der Waals surface area contributed by atoms with E-state index < -0.39 is 5.97 Å². The fourth-order valence-electron chi connectivity index (χ4n) is 1.84. The highest BCUT2D eigenvalue weighted by atomic mass is 16.4. The normalized spacial score (nSPS) is 9.75. The molecule has 0 aliphatic carbocycles. The Bertz CT molecular complexity index is 635. The number of aromatic nitrogens is 1. The molecule has 0 spiro atoms. The Morgan fingerprint density at radius 2 is 1.95 bits per heavy atom. The molecule has 0 saturated carbocycles. The third-order valence-electron chi connectivity index (χ3n) is 2.75. The van der Waals surface area contributed by atoms with Crippen LogP contribution in [0.1, 0.15) is 16.9 Å². The molecule has 2 aromatic rings. The summed E-state index contributed by atoms with van der Waals surface area (Å²) in [6.45, 7) is 0.455. The van der Waals surface area contributed by atoms with E-state index in [2.05, 4.69) is 11.1 Å². The zero-order chi connectivity index (χ0) is 14.4. The molecule has 100 valence electrons. The SMILES string of the molecule is N#CCCN(c1ccccc1)c1cccc(C(=O)O)n1. The Hall–Kier alpha value is -2.87. The molecular weight excluding hydrogens is 254 g/mol. The van der Waals surface area contributed by atoms with Crippen molar-refractivity contribution in [3.63, 3.8) is 0 Å². The second-order valence-corrected chi connectivity index (χ2v) is 4.08. The molecule has 1 aromatic heterocycles. The van der Waals surface area contributed by atoms with E-state index in [9.17, 15) is 4.79 Å². The number of anilines is 2. The summed E-state index contributed by atoms with van der Waals surface area (Å²) < 4.78 is 0. The summed E-state index contributed by atoms with van der Waals surface area (Å²) in [5.41, 5.74) is 0.859. The quantitative estimate of drug-likeness (QED) is 0.901. The van der Waals surface area contributed by atoms with Crippen molar-refractivity contribution in [1.29, 1.82) is 5.26 Å².